The molecule has 1 aromatic carbocycles. The van der Waals surface area contributed by atoms with E-state index in [0.717, 1.165) is 6.07 Å². The van der Waals surface area contributed by atoms with E-state index in [2.05, 4.69) is 0 Å². The summed E-state index contributed by atoms with van der Waals surface area (Å²) < 4.78 is 40.2. The second-order valence-corrected chi connectivity index (χ2v) is 6.46. The Kier molecular flexibility index (Phi) is 4.92. The van der Waals surface area contributed by atoms with E-state index in [4.69, 9.17) is 5.73 Å². The molecule has 0 fully saturated rings. The maximum Gasteiger partial charge on any atom is 0.246 e. The van der Waals surface area contributed by atoms with Gasteiger partial charge in [-0.05, 0) is 38.0 Å². The molecule has 108 valence electrons. The molecule has 2 N–H and O–H groups in total. The summed E-state index contributed by atoms with van der Waals surface area (Å²) in [6.45, 7) is 7.37. The van der Waals surface area contributed by atoms with Gasteiger partial charge in [-0.2, -0.15) is 4.31 Å². The Morgan fingerprint density at radius 2 is 1.95 bits per heavy atom. The Balaban J connectivity index is 3.38. The lowest BCUT2D eigenvalue weighted by Crippen LogP contribution is -2.38. The number of rotatable bonds is 5. The molecule has 0 saturated heterocycles. The molecule has 4 nitrogen and oxygen atoms in total. The summed E-state index contributed by atoms with van der Waals surface area (Å²) in [7, 11) is -3.85. The van der Waals surface area contributed by atoms with Crippen LogP contribution in [0.4, 0.5) is 10.1 Å². The van der Waals surface area contributed by atoms with Gasteiger partial charge in [-0.3, -0.25) is 0 Å². The highest BCUT2D eigenvalue weighted by atomic mass is 32.2. The Morgan fingerprint density at radius 1 is 1.37 bits per heavy atom. The molecular formula is C13H21FN2O2S. The van der Waals surface area contributed by atoms with Gasteiger partial charge in [0.15, 0.2) is 0 Å². The summed E-state index contributed by atoms with van der Waals surface area (Å²) in [5, 5.41) is 0. The average molecular weight is 288 g/mol. The zero-order chi connectivity index (χ0) is 14.8. The highest BCUT2D eigenvalue weighted by molar-refractivity contribution is 7.89. The van der Waals surface area contributed by atoms with Crippen molar-refractivity contribution in [2.45, 2.75) is 45.1 Å². The number of hydrogen-bond acceptors (Lipinski definition) is 3. The van der Waals surface area contributed by atoms with Crippen molar-refractivity contribution in [2.75, 3.05) is 12.3 Å². The standard InChI is InChI=1S/C13H21FN2O2S/c1-5-10(4)16(6-2)19(17,18)13-8-12(15)9(3)7-11(13)14/h7-8,10H,5-6,15H2,1-4H3. The first-order chi connectivity index (χ1) is 8.75. The molecule has 1 aromatic rings. The number of nitrogens with two attached hydrogens (primary N) is 1. The van der Waals surface area contributed by atoms with Crippen molar-refractivity contribution in [1.29, 1.82) is 0 Å². The van der Waals surface area contributed by atoms with Crippen molar-refractivity contribution >= 4 is 15.7 Å². The molecule has 0 aliphatic rings. The van der Waals surface area contributed by atoms with Crippen LogP contribution in [0.5, 0.6) is 0 Å². The fraction of sp³-hybridized carbons (Fsp3) is 0.538. The van der Waals surface area contributed by atoms with Gasteiger partial charge in [0, 0.05) is 18.3 Å². The molecular weight excluding hydrogens is 267 g/mol. The molecule has 0 aliphatic carbocycles. The maximum atomic E-state index is 13.9. The van der Waals surface area contributed by atoms with Crippen LogP contribution in [0.3, 0.4) is 0 Å². The molecule has 0 bridgehead atoms. The molecule has 1 unspecified atom stereocenters. The molecule has 6 heteroatoms. The van der Waals surface area contributed by atoms with Crippen molar-refractivity contribution in [3.63, 3.8) is 0 Å². The molecule has 0 amide bonds. The van der Waals surface area contributed by atoms with E-state index >= 15 is 0 Å². The third-order valence-electron chi connectivity index (χ3n) is 3.30. The highest BCUT2D eigenvalue weighted by Gasteiger charge is 2.29. The van der Waals surface area contributed by atoms with Gasteiger partial charge in [-0.15, -0.1) is 0 Å². The molecule has 0 heterocycles. The third-order valence-corrected chi connectivity index (χ3v) is 5.41. The Hall–Kier alpha value is -1.14. The number of anilines is 1. The van der Waals surface area contributed by atoms with Crippen LogP contribution in [0.1, 0.15) is 32.8 Å². The van der Waals surface area contributed by atoms with Gasteiger partial charge in [0.1, 0.15) is 10.7 Å². The zero-order valence-corrected chi connectivity index (χ0v) is 12.6. The van der Waals surface area contributed by atoms with Gasteiger partial charge in [-0.25, -0.2) is 12.8 Å². The van der Waals surface area contributed by atoms with E-state index in [1.807, 2.05) is 6.92 Å². The van der Waals surface area contributed by atoms with E-state index in [1.165, 1.54) is 10.4 Å². The van der Waals surface area contributed by atoms with Crippen molar-refractivity contribution in [2.24, 2.45) is 0 Å². The average Bonchev–Trinajstić information content (AvgIpc) is 2.33. The Labute approximate surface area is 114 Å². The second-order valence-electron chi connectivity index (χ2n) is 4.60. The fourth-order valence-electron chi connectivity index (χ4n) is 1.91. The van der Waals surface area contributed by atoms with Crippen LogP contribution in [-0.4, -0.2) is 25.3 Å². The van der Waals surface area contributed by atoms with Crippen molar-refractivity contribution in [3.05, 3.63) is 23.5 Å². The van der Waals surface area contributed by atoms with E-state index in [1.54, 1.807) is 20.8 Å². The van der Waals surface area contributed by atoms with Crippen LogP contribution < -0.4 is 5.73 Å². The lowest BCUT2D eigenvalue weighted by molar-refractivity contribution is 0.341. The summed E-state index contributed by atoms with van der Waals surface area (Å²) in [6.07, 6.45) is 0.663. The predicted molar refractivity (Wildman–Crippen MR) is 74.9 cm³/mol. The number of nitrogen functional groups attached to an aromatic ring is 1. The molecule has 0 radical (unpaired) electrons. The second kappa shape index (κ2) is 5.88. The first-order valence-corrected chi connectivity index (χ1v) is 7.77. The first kappa shape index (κ1) is 15.9. The molecule has 1 atom stereocenters. The smallest absolute Gasteiger partial charge is 0.246 e. The normalized spacial score (nSPS) is 13.8. The number of aryl methyl sites for hydroxylation is 1. The summed E-state index contributed by atoms with van der Waals surface area (Å²) >= 11 is 0. The van der Waals surface area contributed by atoms with Crippen molar-refractivity contribution < 1.29 is 12.8 Å². The van der Waals surface area contributed by atoms with Crippen LogP contribution in [0.2, 0.25) is 0 Å². The third kappa shape index (κ3) is 3.06. The summed E-state index contributed by atoms with van der Waals surface area (Å²) in [5.74, 6) is -0.756. The number of sulfonamides is 1. The summed E-state index contributed by atoms with van der Waals surface area (Å²) in [5.41, 5.74) is 6.50. The lowest BCUT2D eigenvalue weighted by atomic mass is 10.2. The van der Waals surface area contributed by atoms with Crippen LogP contribution in [0.25, 0.3) is 0 Å². The van der Waals surface area contributed by atoms with E-state index in [-0.39, 0.29) is 16.6 Å². The quantitative estimate of drug-likeness (QED) is 0.847. The Bertz CT molecular complexity index is 558. The minimum absolute atomic E-state index is 0.183. The number of benzene rings is 1. The molecule has 0 aliphatic heterocycles. The minimum atomic E-state index is -3.85. The maximum absolute atomic E-state index is 13.9. The molecule has 1 rings (SSSR count). The Morgan fingerprint density at radius 3 is 2.42 bits per heavy atom. The molecule has 0 spiro atoms. The number of nitrogens with zero attached hydrogens (tertiary/aromatic N) is 1. The van der Waals surface area contributed by atoms with E-state index in [0.29, 0.717) is 18.5 Å². The molecule has 0 saturated carbocycles. The van der Waals surface area contributed by atoms with Gasteiger partial charge in [0.25, 0.3) is 0 Å². The van der Waals surface area contributed by atoms with Crippen molar-refractivity contribution in [1.82, 2.24) is 4.31 Å². The first-order valence-electron chi connectivity index (χ1n) is 6.33. The van der Waals surface area contributed by atoms with Gasteiger partial charge < -0.3 is 5.73 Å². The minimum Gasteiger partial charge on any atom is -0.398 e. The van der Waals surface area contributed by atoms with Crippen LogP contribution in [-0.2, 0) is 10.0 Å². The number of halogens is 1. The highest BCUT2D eigenvalue weighted by Crippen LogP contribution is 2.26. The zero-order valence-electron chi connectivity index (χ0n) is 11.8. The van der Waals surface area contributed by atoms with E-state index < -0.39 is 15.8 Å². The summed E-state index contributed by atoms with van der Waals surface area (Å²) in [4.78, 5) is -0.349. The summed E-state index contributed by atoms with van der Waals surface area (Å²) in [6, 6.07) is 2.18. The fourth-order valence-corrected chi connectivity index (χ4v) is 3.71. The van der Waals surface area contributed by atoms with Gasteiger partial charge in [0.05, 0.1) is 0 Å². The topological polar surface area (TPSA) is 63.4 Å². The van der Waals surface area contributed by atoms with Crippen molar-refractivity contribution in [3.8, 4) is 0 Å². The van der Waals surface area contributed by atoms with Crippen LogP contribution in [0.15, 0.2) is 17.0 Å². The lowest BCUT2D eigenvalue weighted by Gasteiger charge is -2.26. The molecule has 0 aromatic heterocycles. The predicted octanol–water partition coefficient (Wildman–Crippen LogP) is 2.53. The van der Waals surface area contributed by atoms with Crippen LogP contribution >= 0.6 is 0 Å². The SMILES string of the molecule is CCC(C)N(CC)S(=O)(=O)c1cc(N)c(C)cc1F. The van der Waals surface area contributed by atoms with Gasteiger partial charge in [-0.1, -0.05) is 13.8 Å². The van der Waals surface area contributed by atoms with Gasteiger partial charge in [0.2, 0.25) is 10.0 Å². The van der Waals surface area contributed by atoms with Crippen LogP contribution in [0, 0.1) is 12.7 Å². The molecule has 19 heavy (non-hydrogen) atoms. The number of hydrogen-bond donors (Lipinski definition) is 1. The largest absolute Gasteiger partial charge is 0.398 e. The van der Waals surface area contributed by atoms with E-state index in [9.17, 15) is 12.8 Å². The van der Waals surface area contributed by atoms with Gasteiger partial charge >= 0.3 is 0 Å². The monoisotopic (exact) mass is 288 g/mol.